The van der Waals surface area contributed by atoms with Crippen LogP contribution in [0.1, 0.15) is 16.1 Å². The van der Waals surface area contributed by atoms with Crippen molar-refractivity contribution >= 4 is 26.9 Å². The number of carboxylic acid groups (broad SMARTS) is 1. The molecule has 1 aromatic heterocycles. The van der Waals surface area contributed by atoms with E-state index >= 15 is 0 Å². The average Bonchev–Trinajstić information content (AvgIpc) is 2.99. The predicted molar refractivity (Wildman–Crippen MR) is 118 cm³/mol. The maximum Gasteiger partial charge on any atom is 0.335 e. The van der Waals surface area contributed by atoms with Crippen LogP contribution in [0.2, 0.25) is 0 Å². The molecular weight excluding hydrogens is 421 g/mol. The number of hydrogen-bond acceptors (Lipinski definition) is 4. The number of benzene rings is 2. The summed E-state index contributed by atoms with van der Waals surface area (Å²) in [6.07, 6.45) is 1.28. The molecule has 0 unspecified atom stereocenters. The summed E-state index contributed by atoms with van der Waals surface area (Å²) < 4.78 is 42.5. The normalized spacial score (nSPS) is 12.6. The van der Waals surface area contributed by atoms with Gasteiger partial charge in [-0.3, -0.25) is 0 Å². The second-order valence-corrected chi connectivity index (χ2v) is 9.44. The lowest BCUT2D eigenvalue weighted by Gasteiger charge is -2.12. The summed E-state index contributed by atoms with van der Waals surface area (Å²) in [5, 5.41) is 9.96. The van der Waals surface area contributed by atoms with E-state index in [4.69, 9.17) is 5.73 Å². The Morgan fingerprint density at radius 1 is 1.23 bits per heavy atom. The van der Waals surface area contributed by atoms with Crippen molar-refractivity contribution in [1.82, 2.24) is 8.87 Å². The largest absolute Gasteiger partial charge is 0.478 e. The molecule has 1 heterocycles. The molecule has 2 aromatic carbocycles. The molecule has 3 N–H and O–H groups in total. The quantitative estimate of drug-likeness (QED) is 0.580. The maximum atomic E-state index is 14.3. The number of aromatic nitrogens is 1. The van der Waals surface area contributed by atoms with Gasteiger partial charge in [-0.05, 0) is 48.9 Å². The molecule has 0 aliphatic heterocycles. The SMILES string of the molecule is Cc1c(-c2cccc(C(=O)O)c2)c2cc(S(=O)(=O)N(C)C)ccc2n1C/C(F)=C/CN. The van der Waals surface area contributed by atoms with Gasteiger partial charge >= 0.3 is 5.97 Å². The van der Waals surface area contributed by atoms with Crippen molar-refractivity contribution in [3.05, 3.63) is 65.6 Å². The number of carbonyl (C=O) groups is 1. The van der Waals surface area contributed by atoms with Crippen LogP contribution in [0.4, 0.5) is 4.39 Å². The molecule has 0 saturated heterocycles. The highest BCUT2D eigenvalue weighted by atomic mass is 32.2. The Labute approximate surface area is 180 Å². The fraction of sp³-hybridized carbons (Fsp3) is 0.227. The van der Waals surface area contributed by atoms with Crippen LogP contribution in [0, 0.1) is 6.92 Å². The zero-order valence-electron chi connectivity index (χ0n) is 17.5. The van der Waals surface area contributed by atoms with E-state index in [0.29, 0.717) is 27.7 Å². The van der Waals surface area contributed by atoms with Crippen LogP contribution in [-0.2, 0) is 16.6 Å². The zero-order chi connectivity index (χ0) is 22.9. The molecule has 0 amide bonds. The van der Waals surface area contributed by atoms with Gasteiger partial charge in [0.25, 0.3) is 0 Å². The monoisotopic (exact) mass is 445 g/mol. The molecule has 7 nitrogen and oxygen atoms in total. The Balaban J connectivity index is 2.35. The van der Waals surface area contributed by atoms with Crippen LogP contribution in [0.5, 0.6) is 0 Å². The lowest BCUT2D eigenvalue weighted by atomic mass is 10.0. The summed E-state index contributed by atoms with van der Waals surface area (Å²) >= 11 is 0. The summed E-state index contributed by atoms with van der Waals surface area (Å²) in [6.45, 7) is 1.78. The Bertz CT molecular complexity index is 1290. The molecule has 0 fully saturated rings. The van der Waals surface area contributed by atoms with Gasteiger partial charge in [0.15, 0.2) is 0 Å². The van der Waals surface area contributed by atoms with Crippen molar-refractivity contribution in [2.24, 2.45) is 5.73 Å². The van der Waals surface area contributed by atoms with Gasteiger partial charge in [-0.1, -0.05) is 12.1 Å². The molecule has 0 radical (unpaired) electrons. The number of nitrogens with zero attached hydrogens (tertiary/aromatic N) is 2. The number of aromatic carboxylic acids is 1. The van der Waals surface area contributed by atoms with Gasteiger partial charge in [0, 0.05) is 42.8 Å². The average molecular weight is 446 g/mol. The molecule has 0 bridgehead atoms. The number of fused-ring (bicyclic) bond motifs is 1. The highest BCUT2D eigenvalue weighted by Crippen LogP contribution is 2.37. The minimum atomic E-state index is -3.70. The standard InChI is InChI=1S/C22H24FN3O4S/c1-14-21(15-5-4-6-16(11-15)22(27)28)19-12-18(31(29,30)25(2)3)7-8-20(19)26(14)13-17(23)9-10-24/h4-9,11-12H,10,13,24H2,1-3H3,(H,27,28)/b17-9-. The van der Waals surface area contributed by atoms with E-state index in [-0.39, 0.29) is 23.5 Å². The highest BCUT2D eigenvalue weighted by Gasteiger charge is 2.22. The van der Waals surface area contributed by atoms with Crippen LogP contribution in [0.15, 0.2) is 59.3 Å². The summed E-state index contributed by atoms with van der Waals surface area (Å²) in [5.74, 6) is -1.49. The summed E-state index contributed by atoms with van der Waals surface area (Å²) in [6, 6.07) is 11.0. The zero-order valence-corrected chi connectivity index (χ0v) is 18.3. The summed E-state index contributed by atoms with van der Waals surface area (Å²) in [5.41, 5.74) is 8.08. The first kappa shape index (κ1) is 22.7. The molecule has 0 spiro atoms. The molecule has 0 atom stereocenters. The molecule has 31 heavy (non-hydrogen) atoms. The molecule has 9 heteroatoms. The highest BCUT2D eigenvalue weighted by molar-refractivity contribution is 7.89. The number of halogens is 1. The van der Waals surface area contributed by atoms with Crippen molar-refractivity contribution in [1.29, 1.82) is 0 Å². The van der Waals surface area contributed by atoms with Gasteiger partial charge in [-0.2, -0.15) is 0 Å². The second kappa shape index (κ2) is 8.62. The lowest BCUT2D eigenvalue weighted by molar-refractivity contribution is 0.0697. The molecule has 3 rings (SSSR count). The Hall–Kier alpha value is -3.01. The number of allylic oxidation sites excluding steroid dienone is 1. The van der Waals surface area contributed by atoms with Crippen molar-refractivity contribution in [2.75, 3.05) is 20.6 Å². The van der Waals surface area contributed by atoms with E-state index in [2.05, 4.69) is 0 Å². The molecule has 0 aliphatic carbocycles. The minimum Gasteiger partial charge on any atom is -0.478 e. The molecule has 0 aliphatic rings. The topological polar surface area (TPSA) is 106 Å². The first-order chi connectivity index (χ1) is 14.6. The van der Waals surface area contributed by atoms with Crippen LogP contribution < -0.4 is 5.73 Å². The van der Waals surface area contributed by atoms with Gasteiger partial charge in [-0.25, -0.2) is 21.9 Å². The fourth-order valence-corrected chi connectivity index (χ4v) is 4.48. The number of hydrogen-bond donors (Lipinski definition) is 2. The first-order valence-corrected chi connectivity index (χ1v) is 11.0. The smallest absolute Gasteiger partial charge is 0.335 e. The molecule has 164 valence electrons. The molecular formula is C22H24FN3O4S. The second-order valence-electron chi connectivity index (χ2n) is 7.29. The van der Waals surface area contributed by atoms with Gasteiger partial charge < -0.3 is 15.4 Å². The van der Waals surface area contributed by atoms with Gasteiger partial charge in [0.1, 0.15) is 5.83 Å². The van der Waals surface area contributed by atoms with E-state index in [9.17, 15) is 22.7 Å². The third-order valence-corrected chi connectivity index (χ3v) is 6.93. The minimum absolute atomic E-state index is 0.0584. The van der Waals surface area contributed by atoms with E-state index in [0.717, 1.165) is 4.31 Å². The lowest BCUT2D eigenvalue weighted by Crippen LogP contribution is -2.22. The summed E-state index contributed by atoms with van der Waals surface area (Å²) in [7, 11) is -0.807. The summed E-state index contributed by atoms with van der Waals surface area (Å²) in [4.78, 5) is 11.6. The van der Waals surface area contributed by atoms with Crippen molar-refractivity contribution in [3.8, 4) is 11.1 Å². The van der Waals surface area contributed by atoms with Crippen molar-refractivity contribution in [2.45, 2.75) is 18.4 Å². The van der Waals surface area contributed by atoms with Crippen LogP contribution in [0.3, 0.4) is 0 Å². The van der Waals surface area contributed by atoms with Gasteiger partial charge in [0.2, 0.25) is 10.0 Å². The predicted octanol–water partition coefficient (Wildman–Crippen LogP) is 3.38. The molecule has 0 saturated carbocycles. The Kier molecular flexibility index (Phi) is 6.30. The van der Waals surface area contributed by atoms with Crippen molar-refractivity contribution < 1.29 is 22.7 Å². The number of nitrogens with two attached hydrogens (primary N) is 1. The number of rotatable bonds is 7. The van der Waals surface area contributed by atoms with Crippen LogP contribution in [0.25, 0.3) is 22.0 Å². The molecule has 3 aromatic rings. The number of carboxylic acids is 1. The van der Waals surface area contributed by atoms with E-state index in [1.54, 1.807) is 35.8 Å². The van der Waals surface area contributed by atoms with Gasteiger partial charge in [0.05, 0.1) is 17.0 Å². The van der Waals surface area contributed by atoms with E-state index in [1.807, 2.05) is 0 Å². The Morgan fingerprint density at radius 2 is 1.94 bits per heavy atom. The third-order valence-electron chi connectivity index (χ3n) is 5.12. The van der Waals surface area contributed by atoms with Gasteiger partial charge in [-0.15, -0.1) is 0 Å². The maximum absolute atomic E-state index is 14.3. The fourth-order valence-electron chi connectivity index (χ4n) is 3.55. The van der Waals surface area contributed by atoms with E-state index < -0.39 is 21.8 Å². The van der Waals surface area contributed by atoms with Crippen LogP contribution in [-0.4, -0.2) is 49.0 Å². The first-order valence-electron chi connectivity index (χ1n) is 9.51. The Morgan fingerprint density at radius 3 is 2.55 bits per heavy atom. The number of sulfonamides is 1. The van der Waals surface area contributed by atoms with Crippen molar-refractivity contribution in [3.63, 3.8) is 0 Å². The van der Waals surface area contributed by atoms with Crippen LogP contribution >= 0.6 is 0 Å². The third kappa shape index (κ3) is 4.25. The van der Waals surface area contributed by atoms with E-state index in [1.165, 1.54) is 38.4 Å².